The first-order valence-corrected chi connectivity index (χ1v) is 9.43. The number of aromatic carboxylic acids is 6. The molecule has 0 saturated heterocycles. The third kappa shape index (κ3) is 10.7. The molecule has 190 valence electrons. The summed E-state index contributed by atoms with van der Waals surface area (Å²) in [5, 5.41) is 61.9. The molecule has 38 heavy (non-hydrogen) atoms. The molecule has 0 N–H and O–H groups in total. The maximum absolute atomic E-state index is 10.3. The molecule has 0 spiro atoms. The van der Waals surface area contributed by atoms with Crippen molar-refractivity contribution in [3.05, 3.63) is 106 Å². The topological polar surface area (TPSA) is 241 Å². The standard InChI is InChI=1S/3C8H6O4.2As/c3*9-7(10)5-3-1-2-4-6(5)8(11)12;;/h3*1-4H,(H,9,10)(H,11,12);;/q;;;2*+3/p-6. The zero-order chi connectivity index (χ0) is 27.4. The molecule has 12 nitrogen and oxygen atoms in total. The Morgan fingerprint density at radius 1 is 0.316 bits per heavy atom. The summed E-state index contributed by atoms with van der Waals surface area (Å²) >= 11 is 0. The monoisotopic (exact) mass is 642 g/mol. The van der Waals surface area contributed by atoms with Gasteiger partial charge in [-0.1, -0.05) is 72.8 Å². The van der Waals surface area contributed by atoms with Gasteiger partial charge in [-0.3, -0.25) is 0 Å². The summed E-state index contributed by atoms with van der Waals surface area (Å²) in [6.45, 7) is 0. The number of hydrogen-bond donors (Lipinski definition) is 0. The summed E-state index contributed by atoms with van der Waals surface area (Å²) in [6.07, 6.45) is 0. The third-order valence-corrected chi connectivity index (χ3v) is 4.10. The Labute approximate surface area is 236 Å². The normalized spacial score (nSPS) is 8.84. The summed E-state index contributed by atoms with van der Waals surface area (Å²) in [5.41, 5.74) is -2.18. The summed E-state index contributed by atoms with van der Waals surface area (Å²) < 4.78 is 0. The average molecular weight is 642 g/mol. The van der Waals surface area contributed by atoms with Crippen LogP contribution in [0.3, 0.4) is 0 Å². The number of benzene rings is 3. The molecular formula is C24H12As2O12. The van der Waals surface area contributed by atoms with Crippen LogP contribution in [0, 0.1) is 0 Å². The molecule has 0 atom stereocenters. The van der Waals surface area contributed by atoms with Crippen LogP contribution in [0.1, 0.15) is 62.1 Å². The van der Waals surface area contributed by atoms with Crippen LogP contribution < -0.4 is 30.6 Å². The van der Waals surface area contributed by atoms with Gasteiger partial charge in [0.15, 0.2) is 0 Å². The molecule has 0 aromatic heterocycles. The van der Waals surface area contributed by atoms with Gasteiger partial charge in [0.2, 0.25) is 0 Å². The van der Waals surface area contributed by atoms with Crippen molar-refractivity contribution in [2.24, 2.45) is 0 Å². The van der Waals surface area contributed by atoms with Crippen LogP contribution in [0.4, 0.5) is 0 Å². The fraction of sp³-hybridized carbons (Fsp3) is 0. The van der Waals surface area contributed by atoms with E-state index < -0.39 is 35.8 Å². The Kier molecular flexibility index (Phi) is 16.1. The first-order valence-electron chi connectivity index (χ1n) is 9.43. The van der Waals surface area contributed by atoms with Crippen molar-refractivity contribution in [2.45, 2.75) is 0 Å². The van der Waals surface area contributed by atoms with E-state index in [1.807, 2.05) is 0 Å². The van der Waals surface area contributed by atoms with Crippen LogP contribution in [0.25, 0.3) is 0 Å². The Morgan fingerprint density at radius 2 is 0.421 bits per heavy atom. The summed E-state index contributed by atoms with van der Waals surface area (Å²) in [7, 11) is 0. The van der Waals surface area contributed by atoms with E-state index in [2.05, 4.69) is 0 Å². The van der Waals surface area contributed by atoms with Crippen molar-refractivity contribution in [1.82, 2.24) is 0 Å². The first kappa shape index (κ1) is 35.8. The van der Waals surface area contributed by atoms with Crippen LogP contribution in [0.2, 0.25) is 0 Å². The molecule has 0 amide bonds. The van der Waals surface area contributed by atoms with Gasteiger partial charge in [-0.25, -0.2) is 0 Å². The van der Waals surface area contributed by atoms with Crippen LogP contribution in [-0.2, 0) is 0 Å². The Morgan fingerprint density at radius 3 is 0.500 bits per heavy atom. The van der Waals surface area contributed by atoms with Gasteiger partial charge in [0.25, 0.3) is 0 Å². The molecule has 0 bridgehead atoms. The first-order chi connectivity index (χ1) is 16.9. The third-order valence-electron chi connectivity index (χ3n) is 4.10. The number of carbonyl (C=O) groups excluding carboxylic acids is 6. The second-order valence-electron chi connectivity index (χ2n) is 6.36. The fourth-order valence-corrected chi connectivity index (χ4v) is 2.52. The molecule has 0 fully saturated rings. The van der Waals surface area contributed by atoms with E-state index in [0.717, 1.165) is 36.4 Å². The summed E-state index contributed by atoms with van der Waals surface area (Å²) in [5.74, 6) is -9.11. The average Bonchev–Trinajstić information content (AvgIpc) is 2.84. The number of carbonyl (C=O) groups is 6. The summed E-state index contributed by atoms with van der Waals surface area (Å²) in [4.78, 5) is 61.9. The second-order valence-corrected chi connectivity index (χ2v) is 6.36. The Hall–Kier alpha value is -4.40. The zero-order valence-corrected chi connectivity index (χ0v) is 22.5. The van der Waals surface area contributed by atoms with Crippen LogP contribution in [0.5, 0.6) is 0 Å². The van der Waals surface area contributed by atoms with E-state index in [0.29, 0.717) is 0 Å². The quantitative estimate of drug-likeness (QED) is 0.229. The maximum Gasteiger partial charge on any atom is 3.00 e. The molecule has 4 radical (unpaired) electrons. The van der Waals surface area contributed by atoms with Crippen molar-refractivity contribution < 1.29 is 59.4 Å². The van der Waals surface area contributed by atoms with Gasteiger partial charge in [-0.05, 0) is 0 Å². The molecule has 3 rings (SSSR count). The van der Waals surface area contributed by atoms with E-state index in [4.69, 9.17) is 0 Å². The van der Waals surface area contributed by atoms with E-state index in [-0.39, 0.29) is 69.3 Å². The molecule has 3 aromatic carbocycles. The molecule has 0 unspecified atom stereocenters. The van der Waals surface area contributed by atoms with Gasteiger partial charge < -0.3 is 59.4 Å². The van der Waals surface area contributed by atoms with Crippen molar-refractivity contribution in [3.8, 4) is 0 Å². The second kappa shape index (κ2) is 17.1. The van der Waals surface area contributed by atoms with E-state index >= 15 is 0 Å². The molecule has 14 heteroatoms. The van der Waals surface area contributed by atoms with Crippen LogP contribution >= 0.6 is 0 Å². The minimum atomic E-state index is -1.52. The van der Waals surface area contributed by atoms with Crippen molar-refractivity contribution >= 4 is 71.7 Å². The minimum absolute atomic E-state index is 0. The number of carboxylic acid groups (broad SMARTS) is 6. The predicted molar refractivity (Wildman–Crippen MR) is 117 cm³/mol. The van der Waals surface area contributed by atoms with Gasteiger partial charge in [0.05, 0.1) is 35.8 Å². The van der Waals surface area contributed by atoms with Crippen LogP contribution in [-0.4, -0.2) is 71.7 Å². The SMILES string of the molecule is O=C([O-])c1ccccc1C(=O)[O-].O=C([O-])c1ccccc1C(=O)[O-].O=C([O-])c1ccccc1C(=O)[O-].[As+3].[As+3]. The van der Waals surface area contributed by atoms with E-state index in [1.165, 1.54) is 36.4 Å². The molecule has 0 saturated carbocycles. The molecule has 0 aliphatic carbocycles. The number of hydrogen-bond acceptors (Lipinski definition) is 12. The van der Waals surface area contributed by atoms with E-state index in [1.54, 1.807) is 0 Å². The van der Waals surface area contributed by atoms with Gasteiger partial charge in [-0.2, -0.15) is 0 Å². The zero-order valence-electron chi connectivity index (χ0n) is 18.7. The number of rotatable bonds is 6. The number of carboxylic acids is 6. The van der Waals surface area contributed by atoms with Gasteiger partial charge in [0.1, 0.15) is 0 Å². The molecule has 0 aliphatic rings. The molecule has 0 heterocycles. The van der Waals surface area contributed by atoms with Gasteiger partial charge >= 0.3 is 35.9 Å². The van der Waals surface area contributed by atoms with Crippen molar-refractivity contribution in [3.63, 3.8) is 0 Å². The van der Waals surface area contributed by atoms with Crippen LogP contribution in [0.15, 0.2) is 72.8 Å². The van der Waals surface area contributed by atoms with Gasteiger partial charge in [-0.15, -0.1) is 0 Å². The van der Waals surface area contributed by atoms with Gasteiger partial charge in [0, 0.05) is 33.4 Å². The molecule has 0 aliphatic heterocycles. The predicted octanol–water partition coefficient (Wildman–Crippen LogP) is -5.52. The summed E-state index contributed by atoms with van der Waals surface area (Å²) in [6, 6.07) is 15.4. The molecule has 3 aromatic rings. The smallest absolute Gasteiger partial charge is 0.545 e. The largest absolute Gasteiger partial charge is 3.00 e. The van der Waals surface area contributed by atoms with Crippen molar-refractivity contribution in [2.75, 3.05) is 0 Å². The molecular weight excluding hydrogens is 630 g/mol. The Balaban J connectivity index is 0. The van der Waals surface area contributed by atoms with E-state index in [9.17, 15) is 59.4 Å². The fourth-order valence-electron chi connectivity index (χ4n) is 2.52. The maximum atomic E-state index is 10.3. The minimum Gasteiger partial charge on any atom is -0.545 e. The van der Waals surface area contributed by atoms with Crippen molar-refractivity contribution in [1.29, 1.82) is 0 Å². The Bertz CT molecular complexity index is 1060.